The van der Waals surface area contributed by atoms with Crippen LogP contribution in [0.25, 0.3) is 0 Å². The molecular weight excluding hydrogens is 280 g/mol. The third-order valence-electron chi connectivity index (χ3n) is 1.39. The van der Waals surface area contributed by atoms with E-state index in [9.17, 15) is 9.59 Å². The Kier molecular flexibility index (Phi) is 9.24. The molecule has 0 aromatic heterocycles. The lowest BCUT2D eigenvalue weighted by Crippen LogP contribution is -2.06. The summed E-state index contributed by atoms with van der Waals surface area (Å²) in [5.74, 6) is -2.46. The van der Waals surface area contributed by atoms with Gasteiger partial charge in [0.15, 0.2) is 0 Å². The van der Waals surface area contributed by atoms with E-state index in [1.165, 1.54) is 24.3 Å². The average Bonchev–Trinajstić information content (AvgIpc) is 2.27. The van der Waals surface area contributed by atoms with E-state index in [0.29, 0.717) is 0 Å². The molecule has 0 spiro atoms. The molecule has 0 amide bonds. The number of carboxylic acid groups (broad SMARTS) is 6. The van der Waals surface area contributed by atoms with Gasteiger partial charge >= 0.3 is 24.2 Å². The normalized spacial score (nSPS) is 8.00. The summed E-state index contributed by atoms with van der Waals surface area (Å²) in [6.07, 6.45) is -3.67. The minimum absolute atomic E-state index is 0.190. The van der Waals surface area contributed by atoms with Crippen molar-refractivity contribution in [2.24, 2.45) is 0 Å². The second-order valence-electron chi connectivity index (χ2n) is 2.72. The monoisotopic (exact) mass is 290 g/mol. The molecule has 10 nitrogen and oxygen atoms in total. The summed E-state index contributed by atoms with van der Waals surface area (Å²) in [4.78, 5) is 38.0. The number of carbonyl (C=O) groups is 4. The number of aromatic carboxylic acids is 2. The zero-order valence-electron chi connectivity index (χ0n) is 9.63. The summed E-state index contributed by atoms with van der Waals surface area (Å²) >= 11 is 0. The Bertz CT molecular complexity index is 440. The molecule has 1 aromatic carbocycles. The van der Waals surface area contributed by atoms with E-state index in [4.69, 9.17) is 40.2 Å². The van der Waals surface area contributed by atoms with Crippen LogP contribution in [0.1, 0.15) is 20.7 Å². The van der Waals surface area contributed by atoms with Crippen molar-refractivity contribution in [3.8, 4) is 0 Å². The van der Waals surface area contributed by atoms with Crippen LogP contribution in [0.5, 0.6) is 0 Å². The van der Waals surface area contributed by atoms with Gasteiger partial charge in [-0.05, 0) is 12.1 Å². The minimum atomic E-state index is -1.83. The molecular formula is C10H10O10. The smallest absolute Gasteiger partial charge is 0.478 e. The Hall–Kier alpha value is -3.30. The van der Waals surface area contributed by atoms with E-state index in [1.54, 1.807) is 0 Å². The van der Waals surface area contributed by atoms with Crippen molar-refractivity contribution in [3.63, 3.8) is 0 Å². The number of rotatable bonds is 2. The van der Waals surface area contributed by atoms with Gasteiger partial charge in [-0.2, -0.15) is 0 Å². The quantitative estimate of drug-likeness (QED) is 0.465. The van der Waals surface area contributed by atoms with E-state index in [0.717, 1.165) is 0 Å². The highest BCUT2D eigenvalue weighted by Gasteiger charge is 2.13. The maximum Gasteiger partial charge on any atom is 0.503 e. The third-order valence-corrected chi connectivity index (χ3v) is 1.39. The Balaban J connectivity index is 0. The van der Waals surface area contributed by atoms with Crippen molar-refractivity contribution in [1.82, 2.24) is 0 Å². The summed E-state index contributed by atoms with van der Waals surface area (Å²) in [6, 6.07) is 5.48. The fourth-order valence-corrected chi connectivity index (χ4v) is 0.856. The third kappa shape index (κ3) is 11.2. The molecule has 10 heteroatoms. The Morgan fingerprint density at radius 1 is 0.600 bits per heavy atom. The highest BCUT2D eigenvalue weighted by molar-refractivity contribution is 6.01. The molecule has 110 valence electrons. The van der Waals surface area contributed by atoms with Gasteiger partial charge in [-0.25, -0.2) is 19.2 Å². The fraction of sp³-hybridized carbons (Fsp3) is 0. The minimum Gasteiger partial charge on any atom is -0.478 e. The van der Waals surface area contributed by atoms with Crippen LogP contribution in [-0.4, -0.2) is 54.9 Å². The summed E-state index contributed by atoms with van der Waals surface area (Å²) < 4.78 is 0. The molecule has 0 bridgehead atoms. The molecule has 0 aliphatic heterocycles. The standard InChI is InChI=1S/C8H6O4.2CH2O3/c9-7(10)5-3-1-2-4-6(5)8(11)12;2*2-1(3)4/h1-4H,(H,9,10)(H,11,12);2*(H2,2,3,4). The largest absolute Gasteiger partial charge is 0.503 e. The number of hydrogen-bond acceptors (Lipinski definition) is 4. The van der Waals surface area contributed by atoms with Crippen LogP contribution in [0.4, 0.5) is 9.59 Å². The number of benzene rings is 1. The van der Waals surface area contributed by atoms with Gasteiger partial charge in [-0.3, -0.25) is 0 Å². The van der Waals surface area contributed by atoms with Gasteiger partial charge in [0.05, 0.1) is 11.1 Å². The molecule has 1 aromatic rings. The van der Waals surface area contributed by atoms with E-state index >= 15 is 0 Å². The predicted octanol–water partition coefficient (Wildman–Crippen LogP) is 1.53. The lowest BCUT2D eigenvalue weighted by molar-refractivity contribution is 0.0651. The van der Waals surface area contributed by atoms with Crippen LogP contribution in [-0.2, 0) is 0 Å². The molecule has 0 unspecified atom stereocenters. The Morgan fingerprint density at radius 3 is 0.950 bits per heavy atom. The van der Waals surface area contributed by atoms with Crippen LogP contribution in [0, 0.1) is 0 Å². The van der Waals surface area contributed by atoms with Crippen LogP contribution in [0.2, 0.25) is 0 Å². The maximum absolute atomic E-state index is 10.5. The molecule has 20 heavy (non-hydrogen) atoms. The van der Waals surface area contributed by atoms with Crippen molar-refractivity contribution < 1.29 is 49.8 Å². The lowest BCUT2D eigenvalue weighted by atomic mass is 10.1. The SMILES string of the molecule is O=C(O)O.O=C(O)O.O=C(O)c1ccccc1C(=O)O. The number of hydrogen-bond donors (Lipinski definition) is 6. The molecule has 0 atom stereocenters. The van der Waals surface area contributed by atoms with Gasteiger partial charge < -0.3 is 30.6 Å². The number of carboxylic acids is 2. The van der Waals surface area contributed by atoms with E-state index in [1.807, 2.05) is 0 Å². The van der Waals surface area contributed by atoms with Crippen molar-refractivity contribution in [2.75, 3.05) is 0 Å². The summed E-state index contributed by atoms with van der Waals surface area (Å²) in [5.41, 5.74) is -0.380. The van der Waals surface area contributed by atoms with E-state index in [-0.39, 0.29) is 11.1 Å². The van der Waals surface area contributed by atoms with Crippen LogP contribution in [0.3, 0.4) is 0 Å². The lowest BCUT2D eigenvalue weighted by Gasteiger charge is -1.98. The first-order valence-corrected chi connectivity index (χ1v) is 4.49. The van der Waals surface area contributed by atoms with Gasteiger partial charge in [0.2, 0.25) is 0 Å². The maximum atomic E-state index is 10.5. The van der Waals surface area contributed by atoms with Gasteiger partial charge in [-0.15, -0.1) is 0 Å². The molecule has 0 saturated carbocycles. The zero-order valence-corrected chi connectivity index (χ0v) is 9.63. The van der Waals surface area contributed by atoms with Crippen LogP contribution >= 0.6 is 0 Å². The molecule has 0 heterocycles. The molecule has 0 fully saturated rings. The van der Waals surface area contributed by atoms with Crippen molar-refractivity contribution in [2.45, 2.75) is 0 Å². The van der Waals surface area contributed by atoms with E-state index < -0.39 is 24.2 Å². The second kappa shape index (κ2) is 9.70. The van der Waals surface area contributed by atoms with Gasteiger partial charge in [0, 0.05) is 0 Å². The first-order chi connectivity index (χ1) is 9.09. The molecule has 6 N–H and O–H groups in total. The molecule has 1 rings (SSSR count). The molecule has 0 aliphatic carbocycles. The molecule has 0 saturated heterocycles. The fourth-order valence-electron chi connectivity index (χ4n) is 0.856. The summed E-state index contributed by atoms with van der Waals surface area (Å²) in [5, 5.41) is 45.0. The average molecular weight is 290 g/mol. The van der Waals surface area contributed by atoms with Gasteiger partial charge in [0.25, 0.3) is 0 Å². The Labute approximate surface area is 110 Å². The first kappa shape index (κ1) is 19.0. The topological polar surface area (TPSA) is 190 Å². The van der Waals surface area contributed by atoms with Crippen LogP contribution < -0.4 is 0 Å². The zero-order chi connectivity index (χ0) is 16.3. The molecule has 0 radical (unpaired) electrons. The van der Waals surface area contributed by atoms with E-state index in [2.05, 4.69) is 0 Å². The van der Waals surface area contributed by atoms with Crippen molar-refractivity contribution in [1.29, 1.82) is 0 Å². The summed E-state index contributed by atoms with van der Waals surface area (Å²) in [6.45, 7) is 0. The molecule has 0 aliphatic rings. The first-order valence-electron chi connectivity index (χ1n) is 4.49. The highest BCUT2D eigenvalue weighted by atomic mass is 16.6. The van der Waals surface area contributed by atoms with Crippen molar-refractivity contribution >= 4 is 24.2 Å². The second-order valence-corrected chi connectivity index (χ2v) is 2.72. The highest BCUT2D eigenvalue weighted by Crippen LogP contribution is 2.07. The Morgan fingerprint density at radius 2 is 0.800 bits per heavy atom. The van der Waals surface area contributed by atoms with Gasteiger partial charge in [0.1, 0.15) is 0 Å². The van der Waals surface area contributed by atoms with Crippen LogP contribution in [0.15, 0.2) is 24.3 Å². The summed E-state index contributed by atoms with van der Waals surface area (Å²) in [7, 11) is 0. The predicted molar refractivity (Wildman–Crippen MR) is 61.7 cm³/mol. The van der Waals surface area contributed by atoms with Gasteiger partial charge in [-0.1, -0.05) is 12.1 Å². The van der Waals surface area contributed by atoms with Crippen molar-refractivity contribution in [3.05, 3.63) is 35.4 Å².